The zero-order valence-corrected chi connectivity index (χ0v) is 19.2. The van der Waals surface area contributed by atoms with E-state index in [0.717, 1.165) is 34.7 Å². The Kier molecular flexibility index (Phi) is 7.25. The summed E-state index contributed by atoms with van der Waals surface area (Å²) in [5.41, 5.74) is 3.47. The molecule has 5 rings (SSSR count). The van der Waals surface area contributed by atoms with Crippen LogP contribution in [0, 0.1) is 0 Å². The standard InChI is InChI=1S/C26H26N6O3/c1-2-13-33-18-21-16-22(4-5-24(21)34-15-12-32-11-10-27-19-32)30-26-29-9-7-23(31-26)20-6-8-28-25(17-20)35-14-3-1/h1-2,4-11,16-17,19H,3,12-15,18H2,(H,29,30,31). The molecule has 0 unspecified atom stereocenters. The van der Waals surface area contributed by atoms with Gasteiger partial charge in [-0.3, -0.25) is 0 Å². The minimum Gasteiger partial charge on any atom is -0.491 e. The van der Waals surface area contributed by atoms with Crippen molar-refractivity contribution in [3.05, 3.63) is 85.2 Å². The minimum absolute atomic E-state index is 0.409. The summed E-state index contributed by atoms with van der Waals surface area (Å²) in [6.07, 6.45) is 13.7. The number of hydrogen-bond acceptors (Lipinski definition) is 8. The Labute approximate surface area is 203 Å². The van der Waals surface area contributed by atoms with Gasteiger partial charge in [-0.05, 0) is 36.8 Å². The largest absolute Gasteiger partial charge is 0.491 e. The molecule has 1 aliphatic heterocycles. The lowest BCUT2D eigenvalue weighted by atomic mass is 10.2. The number of nitrogens with zero attached hydrogens (tertiary/aromatic N) is 5. The van der Waals surface area contributed by atoms with Crippen LogP contribution in [0.25, 0.3) is 11.3 Å². The van der Waals surface area contributed by atoms with Crippen LogP contribution in [0.2, 0.25) is 0 Å². The number of pyridine rings is 1. The van der Waals surface area contributed by atoms with Crippen molar-refractivity contribution < 1.29 is 14.2 Å². The van der Waals surface area contributed by atoms with Gasteiger partial charge in [0.25, 0.3) is 0 Å². The van der Waals surface area contributed by atoms with Gasteiger partial charge in [0.15, 0.2) is 0 Å². The van der Waals surface area contributed by atoms with Gasteiger partial charge in [0, 0.05) is 47.7 Å². The fourth-order valence-electron chi connectivity index (χ4n) is 3.60. The van der Waals surface area contributed by atoms with Crippen molar-refractivity contribution in [3.8, 4) is 22.9 Å². The van der Waals surface area contributed by atoms with Gasteiger partial charge in [-0.1, -0.05) is 12.2 Å². The number of ether oxygens (including phenoxy) is 3. The third kappa shape index (κ3) is 6.21. The number of aromatic nitrogens is 5. The Morgan fingerprint density at radius 2 is 2.00 bits per heavy atom. The van der Waals surface area contributed by atoms with E-state index in [1.807, 2.05) is 59.3 Å². The minimum atomic E-state index is 0.409. The van der Waals surface area contributed by atoms with Crippen LogP contribution >= 0.6 is 0 Å². The summed E-state index contributed by atoms with van der Waals surface area (Å²) in [6.45, 7) is 2.66. The molecule has 4 aromatic rings. The van der Waals surface area contributed by atoms with Gasteiger partial charge in [-0.15, -0.1) is 0 Å². The number of nitrogens with one attached hydrogen (secondary N) is 1. The Morgan fingerprint density at radius 3 is 2.94 bits per heavy atom. The molecule has 0 aliphatic carbocycles. The maximum Gasteiger partial charge on any atom is 0.227 e. The van der Waals surface area contributed by atoms with Gasteiger partial charge < -0.3 is 24.1 Å². The molecular weight excluding hydrogens is 444 g/mol. The molecule has 1 N–H and O–H groups in total. The molecule has 1 aliphatic rings. The second-order valence-corrected chi connectivity index (χ2v) is 7.87. The molecular formula is C26H26N6O3. The summed E-state index contributed by atoms with van der Waals surface area (Å²) in [5.74, 6) is 1.84. The summed E-state index contributed by atoms with van der Waals surface area (Å²) in [4.78, 5) is 17.4. The lowest BCUT2D eigenvalue weighted by Gasteiger charge is -2.14. The van der Waals surface area contributed by atoms with E-state index >= 15 is 0 Å². The SMILES string of the molecule is C1=CCOCc2cc(ccc2OCCn2ccnc2)Nc2nccc(n2)-c2ccnc(c2)OCC1. The number of fused-ring (bicyclic) bond motifs is 7. The van der Waals surface area contributed by atoms with Crippen LogP contribution < -0.4 is 14.8 Å². The molecule has 0 saturated heterocycles. The van der Waals surface area contributed by atoms with E-state index in [4.69, 9.17) is 14.2 Å². The fourth-order valence-corrected chi connectivity index (χ4v) is 3.60. The normalized spacial score (nSPS) is 13.7. The summed E-state index contributed by atoms with van der Waals surface area (Å²) in [7, 11) is 0. The van der Waals surface area contributed by atoms with Gasteiger partial charge in [-0.2, -0.15) is 0 Å². The van der Waals surface area contributed by atoms with Crippen LogP contribution in [-0.4, -0.2) is 44.3 Å². The van der Waals surface area contributed by atoms with Crippen molar-refractivity contribution in [2.24, 2.45) is 0 Å². The first-order chi connectivity index (χ1) is 17.3. The smallest absolute Gasteiger partial charge is 0.227 e. The van der Waals surface area contributed by atoms with E-state index in [1.54, 1.807) is 24.9 Å². The number of benzene rings is 1. The van der Waals surface area contributed by atoms with Crippen molar-refractivity contribution in [2.45, 2.75) is 19.6 Å². The second-order valence-electron chi connectivity index (χ2n) is 7.87. The first-order valence-corrected chi connectivity index (χ1v) is 11.5. The van der Waals surface area contributed by atoms with Gasteiger partial charge >= 0.3 is 0 Å². The van der Waals surface area contributed by atoms with E-state index < -0.39 is 0 Å². The molecule has 6 bridgehead atoms. The number of rotatable bonds is 4. The lowest BCUT2D eigenvalue weighted by molar-refractivity contribution is 0.144. The lowest BCUT2D eigenvalue weighted by Crippen LogP contribution is -2.08. The molecule has 0 fully saturated rings. The Hall–Kier alpha value is -4.24. The number of anilines is 2. The van der Waals surface area contributed by atoms with Crippen molar-refractivity contribution in [3.63, 3.8) is 0 Å². The third-order valence-electron chi connectivity index (χ3n) is 5.34. The maximum absolute atomic E-state index is 6.07. The van der Waals surface area contributed by atoms with Gasteiger partial charge in [0.2, 0.25) is 11.8 Å². The molecule has 35 heavy (non-hydrogen) atoms. The topological polar surface area (TPSA) is 96.2 Å². The van der Waals surface area contributed by atoms with Crippen LogP contribution in [0.5, 0.6) is 11.6 Å². The van der Waals surface area contributed by atoms with Gasteiger partial charge in [0.05, 0.1) is 38.4 Å². The van der Waals surface area contributed by atoms with Crippen molar-refractivity contribution >= 4 is 11.6 Å². The molecule has 4 heterocycles. The highest BCUT2D eigenvalue weighted by molar-refractivity contribution is 5.63. The van der Waals surface area contributed by atoms with Crippen LogP contribution in [0.3, 0.4) is 0 Å². The monoisotopic (exact) mass is 470 g/mol. The van der Waals surface area contributed by atoms with Crippen LogP contribution in [0.15, 0.2) is 79.7 Å². The molecule has 3 aromatic heterocycles. The average Bonchev–Trinajstić information content (AvgIpc) is 3.40. The number of imidazole rings is 1. The zero-order valence-electron chi connectivity index (χ0n) is 19.2. The molecule has 178 valence electrons. The molecule has 9 heteroatoms. The highest BCUT2D eigenvalue weighted by atomic mass is 16.5. The van der Waals surface area contributed by atoms with E-state index in [2.05, 4.69) is 25.3 Å². The molecule has 0 atom stereocenters. The van der Waals surface area contributed by atoms with E-state index in [9.17, 15) is 0 Å². The molecule has 0 radical (unpaired) electrons. The average molecular weight is 471 g/mol. The zero-order chi connectivity index (χ0) is 23.7. The molecule has 1 aromatic carbocycles. The predicted octanol–water partition coefficient (Wildman–Crippen LogP) is 4.41. The molecule has 0 amide bonds. The Morgan fingerprint density at radius 1 is 1.03 bits per heavy atom. The number of hydrogen-bond donors (Lipinski definition) is 1. The van der Waals surface area contributed by atoms with Gasteiger partial charge in [-0.25, -0.2) is 19.9 Å². The highest BCUT2D eigenvalue weighted by Crippen LogP contribution is 2.27. The molecule has 0 spiro atoms. The molecule has 9 nitrogen and oxygen atoms in total. The first kappa shape index (κ1) is 22.5. The predicted molar refractivity (Wildman–Crippen MR) is 132 cm³/mol. The summed E-state index contributed by atoms with van der Waals surface area (Å²) in [5, 5.41) is 3.29. The van der Waals surface area contributed by atoms with Gasteiger partial charge in [0.1, 0.15) is 12.4 Å². The summed E-state index contributed by atoms with van der Waals surface area (Å²) in [6, 6.07) is 11.6. The Balaban J connectivity index is 1.39. The van der Waals surface area contributed by atoms with E-state index in [1.165, 1.54) is 0 Å². The van der Waals surface area contributed by atoms with E-state index in [0.29, 0.717) is 44.8 Å². The third-order valence-corrected chi connectivity index (χ3v) is 5.34. The van der Waals surface area contributed by atoms with Crippen LogP contribution in [0.1, 0.15) is 12.0 Å². The Bertz CT molecular complexity index is 1280. The second kappa shape index (κ2) is 11.3. The van der Waals surface area contributed by atoms with Crippen LogP contribution in [-0.2, 0) is 17.9 Å². The molecule has 0 saturated carbocycles. The summed E-state index contributed by atoms with van der Waals surface area (Å²) >= 11 is 0. The highest BCUT2D eigenvalue weighted by Gasteiger charge is 2.09. The van der Waals surface area contributed by atoms with Crippen molar-refractivity contribution in [2.75, 3.05) is 25.1 Å². The summed E-state index contributed by atoms with van der Waals surface area (Å²) < 4.78 is 19.7. The van der Waals surface area contributed by atoms with E-state index in [-0.39, 0.29) is 0 Å². The first-order valence-electron chi connectivity index (χ1n) is 11.5. The maximum atomic E-state index is 6.07. The van der Waals surface area contributed by atoms with Crippen molar-refractivity contribution in [1.82, 2.24) is 24.5 Å². The van der Waals surface area contributed by atoms with Crippen molar-refractivity contribution in [1.29, 1.82) is 0 Å². The fraction of sp³-hybridized carbons (Fsp3) is 0.231. The van der Waals surface area contributed by atoms with Crippen LogP contribution in [0.4, 0.5) is 11.6 Å². The quantitative estimate of drug-likeness (QED) is 0.438.